The number of benzene rings is 1. The van der Waals surface area contributed by atoms with Gasteiger partial charge in [-0.25, -0.2) is 4.39 Å². The van der Waals surface area contributed by atoms with Gasteiger partial charge in [-0.05, 0) is 18.9 Å². The summed E-state index contributed by atoms with van der Waals surface area (Å²) < 4.78 is 13.7. The summed E-state index contributed by atoms with van der Waals surface area (Å²) in [7, 11) is 0. The minimum absolute atomic E-state index is 0.0921. The van der Waals surface area contributed by atoms with Gasteiger partial charge in [-0.3, -0.25) is 9.59 Å². The lowest BCUT2D eigenvalue weighted by atomic mass is 10.00. The van der Waals surface area contributed by atoms with E-state index in [1.165, 1.54) is 12.1 Å². The molecule has 0 heterocycles. The highest BCUT2D eigenvalue weighted by Gasteiger charge is 2.38. The van der Waals surface area contributed by atoms with Gasteiger partial charge in [0, 0.05) is 23.6 Å². The summed E-state index contributed by atoms with van der Waals surface area (Å²) in [6, 6.07) is 4.63. The van der Waals surface area contributed by atoms with E-state index in [1.807, 2.05) is 0 Å². The molecule has 4 heteroatoms. The molecule has 1 aromatic carbocycles. The van der Waals surface area contributed by atoms with E-state index in [9.17, 15) is 14.0 Å². The van der Waals surface area contributed by atoms with E-state index in [0.29, 0.717) is 5.56 Å². The van der Waals surface area contributed by atoms with Crippen LogP contribution in [0.2, 0.25) is 0 Å². The first-order valence-corrected chi connectivity index (χ1v) is 5.79. The van der Waals surface area contributed by atoms with E-state index in [2.05, 4.69) is 5.32 Å². The number of ketones is 1. The maximum Gasteiger partial charge on any atom is 0.228 e. The lowest BCUT2D eigenvalue weighted by Gasteiger charge is -2.11. The zero-order chi connectivity index (χ0) is 12.0. The molecule has 88 valence electrons. The Balaban J connectivity index is 1.94. The number of fused-ring (bicyclic) bond motifs is 1. The topological polar surface area (TPSA) is 46.2 Å². The average Bonchev–Trinajstić information content (AvgIpc) is 3.03. The normalized spacial score (nSPS) is 22.4. The zero-order valence-electron chi connectivity index (χ0n) is 9.20. The Labute approximate surface area is 98.0 Å². The van der Waals surface area contributed by atoms with Crippen molar-refractivity contribution in [1.29, 1.82) is 0 Å². The third-order valence-electron chi connectivity index (χ3n) is 3.33. The second kappa shape index (κ2) is 3.65. The quantitative estimate of drug-likeness (QED) is 0.846. The van der Waals surface area contributed by atoms with Gasteiger partial charge in [0.2, 0.25) is 5.91 Å². The Bertz CT molecular complexity index is 508. The molecular formula is C13H12FNO2. The monoisotopic (exact) mass is 233 g/mol. The van der Waals surface area contributed by atoms with Crippen LogP contribution in [0.15, 0.2) is 18.2 Å². The molecule has 3 nitrogen and oxygen atoms in total. The van der Waals surface area contributed by atoms with Crippen LogP contribution in [0.5, 0.6) is 0 Å². The standard InChI is InChI=1S/C13H12FNO2/c14-10-3-1-2-8-11(16)6-9(12(8)10)13(17)15-7-4-5-7/h1-3,7,9H,4-6H2,(H,15,17). The summed E-state index contributed by atoms with van der Waals surface area (Å²) in [5, 5.41) is 2.83. The molecule has 2 aliphatic rings. The van der Waals surface area contributed by atoms with Crippen molar-refractivity contribution in [2.45, 2.75) is 31.2 Å². The van der Waals surface area contributed by atoms with E-state index in [4.69, 9.17) is 0 Å². The summed E-state index contributed by atoms with van der Waals surface area (Å²) in [5.74, 6) is -1.45. The number of hydrogen-bond acceptors (Lipinski definition) is 2. The maximum absolute atomic E-state index is 13.7. The molecule has 0 radical (unpaired) electrons. The molecule has 0 bridgehead atoms. The molecule has 1 aromatic rings. The second-order valence-electron chi connectivity index (χ2n) is 4.66. The van der Waals surface area contributed by atoms with Gasteiger partial charge in [-0.2, -0.15) is 0 Å². The van der Waals surface area contributed by atoms with Crippen molar-refractivity contribution in [3.05, 3.63) is 35.1 Å². The molecule has 2 aliphatic carbocycles. The fourth-order valence-corrected chi connectivity index (χ4v) is 2.28. The van der Waals surface area contributed by atoms with E-state index < -0.39 is 11.7 Å². The van der Waals surface area contributed by atoms with E-state index >= 15 is 0 Å². The Morgan fingerprint density at radius 2 is 2.12 bits per heavy atom. The Morgan fingerprint density at radius 3 is 2.82 bits per heavy atom. The Kier molecular flexibility index (Phi) is 2.24. The van der Waals surface area contributed by atoms with Crippen LogP contribution in [0.3, 0.4) is 0 Å². The number of amides is 1. The molecule has 1 amide bonds. The van der Waals surface area contributed by atoms with Gasteiger partial charge in [0.25, 0.3) is 0 Å². The van der Waals surface area contributed by atoms with E-state index in [1.54, 1.807) is 6.07 Å². The number of carbonyl (C=O) groups excluding carboxylic acids is 2. The highest BCUT2D eigenvalue weighted by Crippen LogP contribution is 2.35. The molecule has 1 N–H and O–H groups in total. The van der Waals surface area contributed by atoms with Gasteiger partial charge in [-0.1, -0.05) is 12.1 Å². The SMILES string of the molecule is O=C1CC(C(=O)NC2CC2)c2c(F)cccc21. The van der Waals surface area contributed by atoms with Crippen LogP contribution in [0.4, 0.5) is 4.39 Å². The summed E-state index contributed by atoms with van der Waals surface area (Å²) in [6.45, 7) is 0. The van der Waals surface area contributed by atoms with Gasteiger partial charge in [0.05, 0.1) is 5.92 Å². The van der Waals surface area contributed by atoms with Gasteiger partial charge in [0.1, 0.15) is 5.82 Å². The molecule has 17 heavy (non-hydrogen) atoms. The third-order valence-corrected chi connectivity index (χ3v) is 3.33. The summed E-state index contributed by atoms with van der Waals surface area (Å²) in [6.07, 6.45) is 2.06. The largest absolute Gasteiger partial charge is 0.353 e. The molecule has 1 atom stereocenters. The van der Waals surface area contributed by atoms with Crippen molar-refractivity contribution in [1.82, 2.24) is 5.32 Å². The molecule has 1 fully saturated rings. The maximum atomic E-state index is 13.7. The molecule has 0 aromatic heterocycles. The highest BCUT2D eigenvalue weighted by atomic mass is 19.1. The Morgan fingerprint density at radius 1 is 1.35 bits per heavy atom. The number of carbonyl (C=O) groups is 2. The van der Waals surface area contributed by atoms with Crippen LogP contribution in [-0.4, -0.2) is 17.7 Å². The molecule has 1 unspecified atom stereocenters. The highest BCUT2D eigenvalue weighted by molar-refractivity contribution is 6.06. The molecular weight excluding hydrogens is 221 g/mol. The number of rotatable bonds is 2. The van der Waals surface area contributed by atoms with Crippen LogP contribution in [0.25, 0.3) is 0 Å². The average molecular weight is 233 g/mol. The molecule has 0 saturated heterocycles. The van der Waals surface area contributed by atoms with Crippen LogP contribution in [0, 0.1) is 5.82 Å². The summed E-state index contributed by atoms with van der Waals surface area (Å²) in [5.41, 5.74) is 0.636. The van der Waals surface area contributed by atoms with Crippen LogP contribution >= 0.6 is 0 Å². The van der Waals surface area contributed by atoms with Gasteiger partial charge >= 0.3 is 0 Å². The lowest BCUT2D eigenvalue weighted by Crippen LogP contribution is -2.30. The molecule has 0 spiro atoms. The minimum Gasteiger partial charge on any atom is -0.353 e. The van der Waals surface area contributed by atoms with Crippen LogP contribution in [-0.2, 0) is 4.79 Å². The van der Waals surface area contributed by atoms with Crippen molar-refractivity contribution in [2.24, 2.45) is 0 Å². The molecule has 1 saturated carbocycles. The fraction of sp³-hybridized carbons (Fsp3) is 0.385. The van der Waals surface area contributed by atoms with Crippen molar-refractivity contribution in [3.8, 4) is 0 Å². The first-order chi connectivity index (χ1) is 8.16. The number of hydrogen-bond donors (Lipinski definition) is 1. The zero-order valence-corrected chi connectivity index (χ0v) is 9.20. The van der Waals surface area contributed by atoms with Gasteiger partial charge in [0.15, 0.2) is 5.78 Å². The van der Waals surface area contributed by atoms with Crippen molar-refractivity contribution >= 4 is 11.7 Å². The summed E-state index contributed by atoms with van der Waals surface area (Å²) in [4.78, 5) is 23.6. The summed E-state index contributed by atoms with van der Waals surface area (Å²) >= 11 is 0. The van der Waals surface area contributed by atoms with E-state index in [-0.39, 0.29) is 29.7 Å². The smallest absolute Gasteiger partial charge is 0.228 e. The third kappa shape index (κ3) is 1.73. The van der Waals surface area contributed by atoms with Crippen molar-refractivity contribution < 1.29 is 14.0 Å². The molecule has 3 rings (SSSR count). The minimum atomic E-state index is -0.640. The number of halogens is 1. The number of Topliss-reactive ketones (excluding diaryl/α,β-unsaturated/α-hetero) is 1. The lowest BCUT2D eigenvalue weighted by molar-refractivity contribution is -0.122. The van der Waals surface area contributed by atoms with Crippen molar-refractivity contribution in [3.63, 3.8) is 0 Å². The predicted octanol–water partition coefficient (Wildman–Crippen LogP) is 1.77. The Hall–Kier alpha value is -1.71. The van der Waals surface area contributed by atoms with E-state index in [0.717, 1.165) is 12.8 Å². The number of nitrogens with one attached hydrogen (secondary N) is 1. The van der Waals surface area contributed by atoms with Crippen LogP contribution < -0.4 is 5.32 Å². The van der Waals surface area contributed by atoms with Gasteiger partial charge in [-0.15, -0.1) is 0 Å². The first kappa shape index (κ1) is 10.4. The van der Waals surface area contributed by atoms with Crippen LogP contribution in [0.1, 0.15) is 41.1 Å². The second-order valence-corrected chi connectivity index (χ2v) is 4.66. The predicted molar refractivity (Wildman–Crippen MR) is 59.3 cm³/mol. The van der Waals surface area contributed by atoms with Gasteiger partial charge < -0.3 is 5.32 Å². The first-order valence-electron chi connectivity index (χ1n) is 5.79. The molecule has 0 aliphatic heterocycles. The van der Waals surface area contributed by atoms with Crippen molar-refractivity contribution in [2.75, 3.05) is 0 Å². The fourth-order valence-electron chi connectivity index (χ4n) is 2.28.